The van der Waals surface area contributed by atoms with Crippen molar-refractivity contribution in [2.75, 3.05) is 0 Å². The first-order chi connectivity index (χ1) is 10.2. The van der Waals surface area contributed by atoms with Crippen LogP contribution >= 0.6 is 23.1 Å². The molecule has 0 fully saturated rings. The Morgan fingerprint density at radius 3 is 2.29 bits per heavy atom. The minimum absolute atomic E-state index is 0.579. The highest BCUT2D eigenvalue weighted by atomic mass is 35.5. The van der Waals surface area contributed by atoms with E-state index >= 15 is 0 Å². The molecule has 0 saturated heterocycles. The molecule has 2 nitrogen and oxygen atoms in total. The van der Waals surface area contributed by atoms with Gasteiger partial charge in [0.2, 0.25) is 0 Å². The number of aromatic nitrogens is 1. The van der Waals surface area contributed by atoms with Crippen molar-refractivity contribution >= 4 is 23.1 Å². The highest BCUT2D eigenvalue weighted by Crippen LogP contribution is 2.39. The van der Waals surface area contributed by atoms with Crippen LogP contribution in [0.4, 0.5) is 0 Å². The summed E-state index contributed by atoms with van der Waals surface area (Å²) in [5.74, 6) is 0. The van der Waals surface area contributed by atoms with Gasteiger partial charge in [0.05, 0.1) is 16.7 Å². The molecule has 1 aromatic heterocycles. The first kappa shape index (κ1) is 14.3. The van der Waals surface area contributed by atoms with Crippen molar-refractivity contribution < 1.29 is 5.11 Å². The summed E-state index contributed by atoms with van der Waals surface area (Å²) in [6.07, 6.45) is -0.579. The van der Waals surface area contributed by atoms with Gasteiger partial charge in [0.15, 0.2) is 0 Å². The summed E-state index contributed by atoms with van der Waals surface area (Å²) in [7, 11) is 0. The zero-order valence-electron chi connectivity index (χ0n) is 11.5. The van der Waals surface area contributed by atoms with E-state index in [1.165, 1.54) is 11.5 Å². The van der Waals surface area contributed by atoms with Gasteiger partial charge in [-0.2, -0.15) is 4.37 Å². The molecule has 0 aliphatic heterocycles. The van der Waals surface area contributed by atoms with Crippen molar-refractivity contribution in [3.05, 3.63) is 65.2 Å². The van der Waals surface area contributed by atoms with Crippen molar-refractivity contribution in [2.24, 2.45) is 0 Å². The summed E-state index contributed by atoms with van der Waals surface area (Å²) in [6.45, 7) is 1.77. The molecule has 0 radical (unpaired) electrons. The normalized spacial score (nSPS) is 12.3. The molecule has 0 spiro atoms. The van der Waals surface area contributed by atoms with E-state index in [1.807, 2.05) is 54.6 Å². The topological polar surface area (TPSA) is 33.1 Å². The van der Waals surface area contributed by atoms with Gasteiger partial charge in [-0.05, 0) is 36.2 Å². The lowest BCUT2D eigenvalue weighted by molar-refractivity contribution is 0.200. The summed E-state index contributed by atoms with van der Waals surface area (Å²) in [5, 5.41) is 10.9. The number of hydrogen-bond acceptors (Lipinski definition) is 3. The van der Waals surface area contributed by atoms with Crippen molar-refractivity contribution in [2.45, 2.75) is 13.0 Å². The van der Waals surface area contributed by atoms with Crippen LogP contribution in [0.5, 0.6) is 0 Å². The third-order valence-corrected chi connectivity index (χ3v) is 4.46. The quantitative estimate of drug-likeness (QED) is 0.722. The van der Waals surface area contributed by atoms with Crippen molar-refractivity contribution in [1.29, 1.82) is 0 Å². The second-order valence-electron chi connectivity index (χ2n) is 4.82. The first-order valence-electron chi connectivity index (χ1n) is 6.66. The van der Waals surface area contributed by atoms with E-state index in [2.05, 4.69) is 4.37 Å². The highest BCUT2D eigenvalue weighted by molar-refractivity contribution is 7.10. The number of nitrogens with zero attached hydrogens (tertiary/aromatic N) is 1. The third kappa shape index (κ3) is 2.86. The van der Waals surface area contributed by atoms with E-state index in [1.54, 1.807) is 6.92 Å². The van der Waals surface area contributed by atoms with Crippen molar-refractivity contribution in [3.63, 3.8) is 0 Å². The molecule has 0 aliphatic rings. The van der Waals surface area contributed by atoms with Gasteiger partial charge < -0.3 is 5.11 Å². The number of benzene rings is 2. The lowest BCUT2D eigenvalue weighted by Gasteiger charge is -2.09. The second kappa shape index (κ2) is 5.98. The molecule has 2 aromatic carbocycles. The molecule has 1 N–H and O–H groups in total. The molecular weight excluding hydrogens is 302 g/mol. The Morgan fingerprint density at radius 1 is 1.00 bits per heavy atom. The van der Waals surface area contributed by atoms with Gasteiger partial charge >= 0.3 is 0 Å². The van der Waals surface area contributed by atoms with Crippen LogP contribution in [0.2, 0.25) is 5.02 Å². The van der Waals surface area contributed by atoms with Gasteiger partial charge in [-0.15, -0.1) is 0 Å². The molecule has 21 heavy (non-hydrogen) atoms. The molecule has 1 heterocycles. The van der Waals surface area contributed by atoms with Gasteiger partial charge in [-0.3, -0.25) is 0 Å². The van der Waals surface area contributed by atoms with E-state index in [0.717, 1.165) is 27.3 Å². The summed E-state index contributed by atoms with van der Waals surface area (Å²) in [5.41, 5.74) is 3.74. The third-order valence-electron chi connectivity index (χ3n) is 3.30. The first-order valence-corrected chi connectivity index (χ1v) is 7.81. The number of hydrogen-bond donors (Lipinski definition) is 1. The molecule has 1 unspecified atom stereocenters. The van der Waals surface area contributed by atoms with Crippen LogP contribution in [-0.2, 0) is 0 Å². The van der Waals surface area contributed by atoms with Gasteiger partial charge in [-0.25, -0.2) is 0 Å². The maximum atomic E-state index is 10.2. The molecular formula is C17H14ClNOS. The molecule has 0 aliphatic carbocycles. The molecule has 1 atom stereocenters. The molecule has 3 aromatic rings. The summed E-state index contributed by atoms with van der Waals surface area (Å²) < 4.78 is 4.55. The van der Waals surface area contributed by atoms with Gasteiger partial charge in [0, 0.05) is 16.1 Å². The predicted molar refractivity (Wildman–Crippen MR) is 88.6 cm³/mol. The zero-order valence-corrected chi connectivity index (χ0v) is 13.0. The zero-order chi connectivity index (χ0) is 14.8. The average molecular weight is 316 g/mol. The number of rotatable bonds is 3. The van der Waals surface area contributed by atoms with E-state index in [9.17, 15) is 5.11 Å². The Morgan fingerprint density at radius 2 is 1.67 bits per heavy atom. The SMILES string of the molecule is CC(O)c1c(-c2ccc(Cl)cc2)nsc1-c1ccccc1. The highest BCUT2D eigenvalue weighted by Gasteiger charge is 2.20. The Bertz CT molecular complexity index is 735. The number of aliphatic hydroxyl groups excluding tert-OH is 1. The van der Waals surface area contributed by atoms with Crippen LogP contribution in [0.3, 0.4) is 0 Å². The van der Waals surface area contributed by atoms with E-state index in [4.69, 9.17) is 11.6 Å². The fourth-order valence-electron chi connectivity index (χ4n) is 2.30. The smallest absolute Gasteiger partial charge is 0.0905 e. The number of halogens is 1. The maximum absolute atomic E-state index is 10.2. The molecule has 4 heteroatoms. The van der Waals surface area contributed by atoms with Crippen molar-refractivity contribution in [3.8, 4) is 21.7 Å². The van der Waals surface area contributed by atoms with Crippen LogP contribution in [0.25, 0.3) is 21.7 Å². The fraction of sp³-hybridized carbons (Fsp3) is 0.118. The fourth-order valence-corrected chi connectivity index (χ4v) is 3.42. The van der Waals surface area contributed by atoms with Gasteiger partial charge in [0.1, 0.15) is 0 Å². The average Bonchev–Trinajstić information content (AvgIpc) is 2.94. The van der Waals surface area contributed by atoms with Crippen LogP contribution in [0.1, 0.15) is 18.6 Å². The van der Waals surface area contributed by atoms with Crippen LogP contribution in [0.15, 0.2) is 54.6 Å². The maximum Gasteiger partial charge on any atom is 0.0905 e. The molecule has 0 amide bonds. The summed E-state index contributed by atoms with van der Waals surface area (Å²) in [6, 6.07) is 17.6. The van der Waals surface area contributed by atoms with E-state index in [-0.39, 0.29) is 0 Å². The largest absolute Gasteiger partial charge is 0.389 e. The minimum Gasteiger partial charge on any atom is -0.389 e. The Balaban J connectivity index is 2.15. The Kier molecular flexibility index (Phi) is 4.06. The molecule has 0 saturated carbocycles. The number of aliphatic hydroxyl groups is 1. The second-order valence-corrected chi connectivity index (χ2v) is 6.03. The molecule has 0 bridgehead atoms. The van der Waals surface area contributed by atoms with Crippen LogP contribution < -0.4 is 0 Å². The molecule has 106 valence electrons. The Labute approximate surface area is 132 Å². The van der Waals surface area contributed by atoms with Gasteiger partial charge in [-0.1, -0.05) is 54.1 Å². The predicted octanol–water partition coefficient (Wildman–Crippen LogP) is 5.18. The molecule has 3 rings (SSSR count). The van der Waals surface area contributed by atoms with E-state index in [0.29, 0.717) is 5.02 Å². The summed E-state index contributed by atoms with van der Waals surface area (Å²) >= 11 is 7.35. The van der Waals surface area contributed by atoms with Crippen LogP contribution in [0, 0.1) is 0 Å². The summed E-state index contributed by atoms with van der Waals surface area (Å²) in [4.78, 5) is 1.01. The monoisotopic (exact) mass is 315 g/mol. The lowest BCUT2D eigenvalue weighted by Crippen LogP contribution is -1.94. The lowest BCUT2D eigenvalue weighted by atomic mass is 10.00. The van der Waals surface area contributed by atoms with E-state index < -0.39 is 6.10 Å². The van der Waals surface area contributed by atoms with Crippen LogP contribution in [-0.4, -0.2) is 9.48 Å². The Hall–Kier alpha value is -1.68. The standard InChI is InChI=1S/C17H14ClNOS/c1-11(20)15-16(12-7-9-14(18)10-8-12)19-21-17(15)13-5-3-2-4-6-13/h2-11,20H,1H3. The minimum atomic E-state index is -0.579. The van der Waals surface area contributed by atoms with Crippen molar-refractivity contribution in [1.82, 2.24) is 4.37 Å². The van der Waals surface area contributed by atoms with Gasteiger partial charge in [0.25, 0.3) is 0 Å².